The van der Waals surface area contributed by atoms with Crippen molar-refractivity contribution in [2.45, 2.75) is 6.54 Å². The molecular formula is C13H11BrN2O2. The van der Waals surface area contributed by atoms with Crippen LogP contribution in [0.4, 0.5) is 11.4 Å². The molecule has 0 radical (unpaired) electrons. The van der Waals surface area contributed by atoms with Crippen molar-refractivity contribution in [3.63, 3.8) is 0 Å². The number of para-hydroxylation sites is 1. The van der Waals surface area contributed by atoms with Gasteiger partial charge in [0.25, 0.3) is 5.69 Å². The van der Waals surface area contributed by atoms with Crippen molar-refractivity contribution in [3.8, 4) is 0 Å². The van der Waals surface area contributed by atoms with Gasteiger partial charge in [-0.2, -0.15) is 0 Å². The van der Waals surface area contributed by atoms with Crippen LogP contribution >= 0.6 is 15.9 Å². The first-order valence-corrected chi connectivity index (χ1v) is 6.18. The van der Waals surface area contributed by atoms with Gasteiger partial charge >= 0.3 is 0 Å². The summed E-state index contributed by atoms with van der Waals surface area (Å²) in [7, 11) is 0. The third-order valence-corrected chi connectivity index (χ3v) is 3.16. The Bertz CT molecular complexity index is 558. The number of benzene rings is 2. The molecule has 1 N–H and O–H groups in total. The second-order valence-electron chi connectivity index (χ2n) is 3.73. The smallest absolute Gasteiger partial charge is 0.293 e. The summed E-state index contributed by atoms with van der Waals surface area (Å²) in [5.74, 6) is 0. The highest BCUT2D eigenvalue weighted by Crippen LogP contribution is 2.32. The van der Waals surface area contributed by atoms with Gasteiger partial charge in [-0.1, -0.05) is 36.4 Å². The number of rotatable bonds is 4. The minimum atomic E-state index is -0.391. The lowest BCUT2D eigenvalue weighted by atomic mass is 10.2. The van der Waals surface area contributed by atoms with Gasteiger partial charge in [0.2, 0.25) is 0 Å². The second kappa shape index (κ2) is 5.64. The van der Waals surface area contributed by atoms with Gasteiger partial charge in [-0.05, 0) is 27.6 Å². The molecule has 0 spiro atoms. The highest BCUT2D eigenvalue weighted by atomic mass is 79.9. The minimum Gasteiger partial charge on any atom is -0.374 e. The molecule has 0 aliphatic heterocycles. The van der Waals surface area contributed by atoms with Crippen molar-refractivity contribution in [1.82, 2.24) is 0 Å². The Morgan fingerprint density at radius 3 is 2.50 bits per heavy atom. The Hall–Kier alpha value is -1.88. The zero-order valence-corrected chi connectivity index (χ0v) is 11.1. The number of nitro groups is 1. The molecule has 92 valence electrons. The summed E-state index contributed by atoms with van der Waals surface area (Å²) in [6, 6.07) is 14.7. The highest BCUT2D eigenvalue weighted by molar-refractivity contribution is 9.10. The molecule has 0 fully saturated rings. The SMILES string of the molecule is O=[N+]([O-])c1cccc(Br)c1NCc1ccccc1. The number of nitro benzene ring substituents is 1. The van der Waals surface area contributed by atoms with E-state index in [0.29, 0.717) is 16.7 Å². The standard InChI is InChI=1S/C13H11BrN2O2/c14-11-7-4-8-12(16(17)18)13(11)15-9-10-5-2-1-3-6-10/h1-8,15H,9H2. The Balaban J connectivity index is 2.21. The molecule has 2 aromatic rings. The van der Waals surface area contributed by atoms with Gasteiger partial charge in [0.15, 0.2) is 0 Å². The Morgan fingerprint density at radius 2 is 1.83 bits per heavy atom. The maximum Gasteiger partial charge on any atom is 0.293 e. The third kappa shape index (κ3) is 2.87. The summed E-state index contributed by atoms with van der Waals surface area (Å²) in [5, 5.41) is 14.0. The molecule has 0 bridgehead atoms. The first kappa shape index (κ1) is 12.6. The van der Waals surface area contributed by atoms with Crippen LogP contribution in [0.15, 0.2) is 53.0 Å². The largest absolute Gasteiger partial charge is 0.374 e. The van der Waals surface area contributed by atoms with Gasteiger partial charge in [0, 0.05) is 17.1 Å². The molecule has 5 heteroatoms. The van der Waals surface area contributed by atoms with Gasteiger partial charge < -0.3 is 5.32 Å². The normalized spacial score (nSPS) is 10.1. The monoisotopic (exact) mass is 306 g/mol. The van der Waals surface area contributed by atoms with Crippen LogP contribution in [0.1, 0.15) is 5.56 Å². The van der Waals surface area contributed by atoms with Crippen LogP contribution in [0.3, 0.4) is 0 Å². The lowest BCUT2D eigenvalue weighted by molar-refractivity contribution is -0.384. The average molecular weight is 307 g/mol. The molecule has 2 rings (SSSR count). The molecule has 0 unspecified atom stereocenters. The average Bonchev–Trinajstić information content (AvgIpc) is 2.38. The number of anilines is 1. The van der Waals surface area contributed by atoms with E-state index in [4.69, 9.17) is 0 Å². The molecule has 0 saturated heterocycles. The number of hydrogen-bond donors (Lipinski definition) is 1. The van der Waals surface area contributed by atoms with Crippen molar-refractivity contribution in [2.24, 2.45) is 0 Å². The van der Waals surface area contributed by atoms with Crippen LogP contribution < -0.4 is 5.32 Å². The lowest BCUT2D eigenvalue weighted by Gasteiger charge is -2.09. The summed E-state index contributed by atoms with van der Waals surface area (Å²) in [5.41, 5.74) is 1.65. The third-order valence-electron chi connectivity index (χ3n) is 2.50. The van der Waals surface area contributed by atoms with Crippen LogP contribution in [-0.4, -0.2) is 4.92 Å². The summed E-state index contributed by atoms with van der Waals surface area (Å²) in [4.78, 5) is 10.5. The molecule has 0 heterocycles. The van der Waals surface area contributed by atoms with E-state index in [2.05, 4.69) is 21.2 Å². The maximum absolute atomic E-state index is 10.9. The first-order valence-electron chi connectivity index (χ1n) is 5.39. The van der Waals surface area contributed by atoms with Crippen molar-refractivity contribution in [2.75, 3.05) is 5.32 Å². The first-order chi connectivity index (χ1) is 8.68. The predicted molar refractivity (Wildman–Crippen MR) is 74.6 cm³/mol. The summed E-state index contributed by atoms with van der Waals surface area (Å²) < 4.78 is 0.688. The summed E-state index contributed by atoms with van der Waals surface area (Å²) in [6.45, 7) is 0.546. The molecule has 0 atom stereocenters. The van der Waals surface area contributed by atoms with Crippen LogP contribution in [0.2, 0.25) is 0 Å². The van der Waals surface area contributed by atoms with Gasteiger partial charge in [0.1, 0.15) is 5.69 Å². The van der Waals surface area contributed by atoms with E-state index in [0.717, 1.165) is 5.56 Å². The quantitative estimate of drug-likeness (QED) is 0.687. The van der Waals surface area contributed by atoms with E-state index >= 15 is 0 Å². The number of halogens is 1. The van der Waals surface area contributed by atoms with Crippen molar-refractivity contribution >= 4 is 27.3 Å². The van der Waals surface area contributed by atoms with Gasteiger partial charge in [-0.25, -0.2) is 0 Å². The van der Waals surface area contributed by atoms with E-state index < -0.39 is 4.92 Å². The van der Waals surface area contributed by atoms with E-state index in [9.17, 15) is 10.1 Å². The predicted octanol–water partition coefficient (Wildman–Crippen LogP) is 3.97. The van der Waals surface area contributed by atoms with E-state index in [1.54, 1.807) is 12.1 Å². The fourth-order valence-electron chi connectivity index (χ4n) is 1.63. The van der Waals surface area contributed by atoms with Crippen LogP contribution in [0.25, 0.3) is 0 Å². The van der Waals surface area contributed by atoms with Gasteiger partial charge in [-0.3, -0.25) is 10.1 Å². The highest BCUT2D eigenvalue weighted by Gasteiger charge is 2.15. The van der Waals surface area contributed by atoms with Crippen molar-refractivity contribution < 1.29 is 4.92 Å². The Morgan fingerprint density at radius 1 is 1.11 bits per heavy atom. The zero-order chi connectivity index (χ0) is 13.0. The number of nitrogens with one attached hydrogen (secondary N) is 1. The zero-order valence-electron chi connectivity index (χ0n) is 9.47. The Kier molecular flexibility index (Phi) is 3.94. The van der Waals surface area contributed by atoms with E-state index in [-0.39, 0.29) is 5.69 Å². The van der Waals surface area contributed by atoms with E-state index in [1.165, 1.54) is 6.07 Å². The molecule has 18 heavy (non-hydrogen) atoms. The van der Waals surface area contributed by atoms with Gasteiger partial charge in [-0.15, -0.1) is 0 Å². The lowest BCUT2D eigenvalue weighted by Crippen LogP contribution is -2.03. The Labute approximate surface area is 113 Å². The fourth-order valence-corrected chi connectivity index (χ4v) is 2.12. The van der Waals surface area contributed by atoms with E-state index in [1.807, 2.05) is 30.3 Å². The second-order valence-corrected chi connectivity index (χ2v) is 4.58. The summed E-state index contributed by atoms with van der Waals surface area (Å²) in [6.07, 6.45) is 0. The number of nitrogens with zero attached hydrogens (tertiary/aromatic N) is 1. The van der Waals surface area contributed by atoms with Crippen molar-refractivity contribution in [1.29, 1.82) is 0 Å². The van der Waals surface area contributed by atoms with Crippen molar-refractivity contribution in [3.05, 3.63) is 68.7 Å². The molecule has 0 amide bonds. The van der Waals surface area contributed by atoms with Gasteiger partial charge in [0.05, 0.1) is 4.92 Å². The fraction of sp³-hybridized carbons (Fsp3) is 0.0769. The van der Waals surface area contributed by atoms with Crippen LogP contribution in [-0.2, 0) is 6.54 Å². The minimum absolute atomic E-state index is 0.0697. The molecular weight excluding hydrogens is 296 g/mol. The molecule has 0 saturated carbocycles. The van der Waals surface area contributed by atoms with Crippen LogP contribution in [0, 0.1) is 10.1 Å². The molecule has 2 aromatic carbocycles. The molecule has 0 aromatic heterocycles. The number of hydrogen-bond acceptors (Lipinski definition) is 3. The molecule has 4 nitrogen and oxygen atoms in total. The van der Waals surface area contributed by atoms with Crippen LogP contribution in [0.5, 0.6) is 0 Å². The maximum atomic E-state index is 10.9. The summed E-state index contributed by atoms with van der Waals surface area (Å²) >= 11 is 3.32. The topological polar surface area (TPSA) is 55.2 Å². The molecule has 0 aliphatic carbocycles. The molecule has 0 aliphatic rings.